The van der Waals surface area contributed by atoms with Crippen LogP contribution in [0.5, 0.6) is 11.5 Å². The second kappa shape index (κ2) is 6.45. The second-order valence-corrected chi connectivity index (χ2v) is 6.65. The lowest BCUT2D eigenvalue weighted by Crippen LogP contribution is -2.44. The Kier molecular flexibility index (Phi) is 4.12. The minimum atomic E-state index is -0.451. The summed E-state index contributed by atoms with van der Waals surface area (Å²) in [6, 6.07) is 5.12. The molecule has 1 amide bonds. The first kappa shape index (κ1) is 16.6. The van der Waals surface area contributed by atoms with Crippen molar-refractivity contribution in [1.82, 2.24) is 19.8 Å². The van der Waals surface area contributed by atoms with Gasteiger partial charge in [-0.2, -0.15) is 0 Å². The summed E-state index contributed by atoms with van der Waals surface area (Å²) in [7, 11) is 3.74. The zero-order chi connectivity index (χ0) is 18.3. The van der Waals surface area contributed by atoms with Crippen molar-refractivity contribution in [2.75, 3.05) is 27.4 Å². The standard InChI is InChI=1S/C18H20N4O4/c1-21(2)16(11-3-4-14-15(7-11)26-10-25-14)18(24)22-6-5-12-13(8-22)19-9-20-17(12)23/h3-4,7,9,16H,5-6,8,10H2,1-2H3,(H,19,20,23). The molecular formula is C18H20N4O4. The molecule has 2 aromatic rings. The molecule has 2 aliphatic rings. The highest BCUT2D eigenvalue weighted by Gasteiger charge is 2.32. The van der Waals surface area contributed by atoms with Gasteiger partial charge in [-0.1, -0.05) is 6.07 Å². The van der Waals surface area contributed by atoms with Crippen molar-refractivity contribution in [2.24, 2.45) is 0 Å². The fourth-order valence-electron chi connectivity index (χ4n) is 3.47. The number of aromatic nitrogens is 2. The van der Waals surface area contributed by atoms with Crippen molar-refractivity contribution in [3.05, 3.63) is 51.7 Å². The summed E-state index contributed by atoms with van der Waals surface area (Å²) in [4.78, 5) is 35.6. The largest absolute Gasteiger partial charge is 0.454 e. The topological polar surface area (TPSA) is 87.8 Å². The summed E-state index contributed by atoms with van der Waals surface area (Å²) < 4.78 is 10.8. The molecule has 0 aliphatic carbocycles. The number of fused-ring (bicyclic) bond motifs is 2. The van der Waals surface area contributed by atoms with E-state index >= 15 is 0 Å². The highest BCUT2D eigenvalue weighted by atomic mass is 16.7. The van der Waals surface area contributed by atoms with E-state index in [-0.39, 0.29) is 18.3 Å². The number of nitrogens with zero attached hydrogens (tertiary/aromatic N) is 3. The number of aromatic amines is 1. The first-order chi connectivity index (χ1) is 12.5. The highest BCUT2D eigenvalue weighted by molar-refractivity contribution is 5.83. The number of H-pyrrole nitrogens is 1. The third-order valence-electron chi connectivity index (χ3n) is 4.79. The Labute approximate surface area is 150 Å². The average Bonchev–Trinajstić information content (AvgIpc) is 3.09. The van der Waals surface area contributed by atoms with Crippen LogP contribution in [0.1, 0.15) is 22.9 Å². The van der Waals surface area contributed by atoms with Gasteiger partial charge in [0.1, 0.15) is 6.04 Å². The molecule has 0 saturated heterocycles. The summed E-state index contributed by atoms with van der Waals surface area (Å²) in [5.74, 6) is 1.31. The van der Waals surface area contributed by atoms with Crippen LogP contribution in [0.3, 0.4) is 0 Å². The minimum Gasteiger partial charge on any atom is -0.454 e. The molecule has 26 heavy (non-hydrogen) atoms. The number of benzene rings is 1. The van der Waals surface area contributed by atoms with E-state index in [1.165, 1.54) is 6.33 Å². The van der Waals surface area contributed by atoms with Gasteiger partial charge in [0.05, 0.1) is 18.6 Å². The second-order valence-electron chi connectivity index (χ2n) is 6.65. The van der Waals surface area contributed by atoms with E-state index in [1.807, 2.05) is 37.2 Å². The van der Waals surface area contributed by atoms with Crippen molar-refractivity contribution in [3.8, 4) is 11.5 Å². The van der Waals surface area contributed by atoms with Crippen LogP contribution in [-0.2, 0) is 17.8 Å². The van der Waals surface area contributed by atoms with Crippen molar-refractivity contribution in [3.63, 3.8) is 0 Å². The van der Waals surface area contributed by atoms with Crippen LogP contribution in [0.25, 0.3) is 0 Å². The molecule has 8 nitrogen and oxygen atoms in total. The number of hydrogen-bond donors (Lipinski definition) is 1. The van der Waals surface area contributed by atoms with Crippen LogP contribution in [-0.4, -0.2) is 53.1 Å². The Morgan fingerprint density at radius 2 is 2.12 bits per heavy atom. The molecule has 2 aliphatic heterocycles. The molecule has 8 heteroatoms. The van der Waals surface area contributed by atoms with Gasteiger partial charge in [0.15, 0.2) is 11.5 Å². The van der Waals surface area contributed by atoms with Crippen LogP contribution < -0.4 is 15.0 Å². The molecular weight excluding hydrogens is 336 g/mol. The van der Waals surface area contributed by atoms with Gasteiger partial charge in [0, 0.05) is 12.1 Å². The number of carbonyl (C=O) groups excluding carboxylic acids is 1. The molecule has 136 valence electrons. The zero-order valence-electron chi connectivity index (χ0n) is 14.7. The lowest BCUT2D eigenvalue weighted by molar-refractivity contribution is -0.137. The Balaban J connectivity index is 1.61. The molecule has 0 bridgehead atoms. The van der Waals surface area contributed by atoms with Crippen LogP contribution in [0.15, 0.2) is 29.3 Å². The normalized spacial score (nSPS) is 16.5. The third kappa shape index (κ3) is 2.82. The molecule has 0 saturated carbocycles. The van der Waals surface area contributed by atoms with Crippen molar-refractivity contribution < 1.29 is 14.3 Å². The minimum absolute atomic E-state index is 0.0263. The molecule has 0 radical (unpaired) electrons. The third-order valence-corrected chi connectivity index (χ3v) is 4.79. The van der Waals surface area contributed by atoms with E-state index in [0.717, 1.165) is 5.56 Å². The maximum absolute atomic E-state index is 13.2. The molecule has 1 atom stereocenters. The van der Waals surface area contributed by atoms with Gasteiger partial charge in [0.2, 0.25) is 12.7 Å². The van der Waals surface area contributed by atoms with Crippen molar-refractivity contribution >= 4 is 5.91 Å². The summed E-state index contributed by atoms with van der Waals surface area (Å²) >= 11 is 0. The van der Waals surface area contributed by atoms with Gasteiger partial charge in [-0.3, -0.25) is 14.5 Å². The van der Waals surface area contributed by atoms with Gasteiger partial charge >= 0.3 is 0 Å². The van der Waals surface area contributed by atoms with E-state index in [1.54, 1.807) is 4.90 Å². The summed E-state index contributed by atoms with van der Waals surface area (Å²) in [5, 5.41) is 0. The SMILES string of the molecule is CN(C)C(C(=O)N1CCc2c(nc[nH]c2=O)C1)c1ccc2c(c1)OCO2. The molecule has 0 spiro atoms. The molecule has 4 rings (SSSR count). The Hall–Kier alpha value is -2.87. The summed E-state index contributed by atoms with van der Waals surface area (Å²) in [6.07, 6.45) is 1.89. The monoisotopic (exact) mass is 356 g/mol. The first-order valence-electron chi connectivity index (χ1n) is 8.45. The average molecular weight is 356 g/mol. The Morgan fingerprint density at radius 3 is 2.92 bits per heavy atom. The first-order valence-corrected chi connectivity index (χ1v) is 8.45. The molecule has 3 heterocycles. The maximum atomic E-state index is 13.2. The quantitative estimate of drug-likeness (QED) is 0.870. The van der Waals surface area contributed by atoms with E-state index in [2.05, 4.69) is 9.97 Å². The van der Waals surface area contributed by atoms with Gasteiger partial charge < -0.3 is 19.4 Å². The van der Waals surface area contributed by atoms with E-state index in [0.29, 0.717) is 42.3 Å². The molecule has 1 unspecified atom stereocenters. The number of carbonyl (C=O) groups is 1. The van der Waals surface area contributed by atoms with Crippen LogP contribution in [0.2, 0.25) is 0 Å². The smallest absolute Gasteiger partial charge is 0.254 e. The molecule has 1 aromatic heterocycles. The molecule has 1 N–H and O–H groups in total. The predicted octanol–water partition coefficient (Wildman–Crippen LogP) is 0.686. The van der Waals surface area contributed by atoms with Gasteiger partial charge in [0.25, 0.3) is 5.56 Å². The van der Waals surface area contributed by atoms with E-state index < -0.39 is 6.04 Å². The van der Waals surface area contributed by atoms with Gasteiger partial charge in [-0.05, 0) is 38.2 Å². The molecule has 1 aromatic carbocycles. The number of rotatable bonds is 3. The predicted molar refractivity (Wildman–Crippen MR) is 93.0 cm³/mol. The Morgan fingerprint density at radius 1 is 1.31 bits per heavy atom. The fraction of sp³-hybridized carbons (Fsp3) is 0.389. The van der Waals surface area contributed by atoms with E-state index in [4.69, 9.17) is 9.47 Å². The van der Waals surface area contributed by atoms with Crippen molar-refractivity contribution in [2.45, 2.75) is 19.0 Å². The lowest BCUT2D eigenvalue weighted by Gasteiger charge is -2.33. The molecule has 0 fully saturated rings. The van der Waals surface area contributed by atoms with Crippen LogP contribution in [0.4, 0.5) is 0 Å². The Bertz CT molecular complexity index is 908. The number of amides is 1. The highest BCUT2D eigenvalue weighted by Crippen LogP contribution is 2.35. The summed E-state index contributed by atoms with van der Waals surface area (Å²) in [5.41, 5.74) is 2.05. The van der Waals surface area contributed by atoms with E-state index in [9.17, 15) is 9.59 Å². The number of ether oxygens (including phenoxy) is 2. The van der Waals surface area contributed by atoms with Gasteiger partial charge in [-0.15, -0.1) is 0 Å². The number of nitrogens with one attached hydrogen (secondary N) is 1. The van der Waals surface area contributed by atoms with Gasteiger partial charge in [-0.25, -0.2) is 4.98 Å². The fourth-order valence-corrected chi connectivity index (χ4v) is 3.47. The number of hydrogen-bond acceptors (Lipinski definition) is 6. The maximum Gasteiger partial charge on any atom is 0.254 e. The van der Waals surface area contributed by atoms with Crippen LogP contribution >= 0.6 is 0 Å². The lowest BCUT2D eigenvalue weighted by atomic mass is 10.0. The number of likely N-dealkylation sites (N-methyl/N-ethyl adjacent to an activating group) is 1. The van der Waals surface area contributed by atoms with Crippen LogP contribution in [0, 0.1) is 0 Å². The van der Waals surface area contributed by atoms with Crippen molar-refractivity contribution in [1.29, 1.82) is 0 Å². The summed E-state index contributed by atoms with van der Waals surface area (Å²) in [6.45, 7) is 1.03. The zero-order valence-corrected chi connectivity index (χ0v) is 14.7.